The van der Waals surface area contributed by atoms with Gasteiger partial charge < -0.3 is 15.4 Å². The lowest BCUT2D eigenvalue weighted by Gasteiger charge is -2.24. The Kier molecular flexibility index (Phi) is 5.87. The number of ether oxygens (including phenoxy) is 1. The topological polar surface area (TPSA) is 33.3 Å². The summed E-state index contributed by atoms with van der Waals surface area (Å²) in [6.07, 6.45) is 8.10. The molecule has 3 nitrogen and oxygen atoms in total. The van der Waals surface area contributed by atoms with Crippen LogP contribution in [-0.4, -0.2) is 17.8 Å². The van der Waals surface area contributed by atoms with E-state index < -0.39 is 0 Å². The molecule has 0 spiro atoms. The first-order valence-electron chi connectivity index (χ1n) is 7.19. The van der Waals surface area contributed by atoms with E-state index in [0.717, 1.165) is 11.4 Å². The summed E-state index contributed by atoms with van der Waals surface area (Å²) in [5.74, 6) is 0.815. The molecular formula is C16H22N2OS. The van der Waals surface area contributed by atoms with Gasteiger partial charge in [0.25, 0.3) is 0 Å². The zero-order valence-corrected chi connectivity index (χ0v) is 12.5. The van der Waals surface area contributed by atoms with Gasteiger partial charge in [-0.1, -0.05) is 38.0 Å². The van der Waals surface area contributed by atoms with Crippen molar-refractivity contribution >= 4 is 23.0 Å². The summed E-state index contributed by atoms with van der Waals surface area (Å²) in [7, 11) is 0. The van der Waals surface area contributed by atoms with Crippen LogP contribution in [0.15, 0.2) is 36.9 Å². The zero-order chi connectivity index (χ0) is 14.2. The molecular weight excluding hydrogens is 268 g/mol. The van der Waals surface area contributed by atoms with Crippen LogP contribution >= 0.6 is 12.2 Å². The molecule has 20 heavy (non-hydrogen) atoms. The van der Waals surface area contributed by atoms with Gasteiger partial charge in [-0.15, -0.1) is 0 Å². The average Bonchev–Trinajstić information content (AvgIpc) is 2.46. The maximum Gasteiger partial charge on any atom is 0.170 e. The maximum absolute atomic E-state index is 5.51. The fraction of sp³-hybridized carbons (Fsp3) is 0.438. The molecule has 1 aliphatic carbocycles. The summed E-state index contributed by atoms with van der Waals surface area (Å²) in [5.41, 5.74) is 0.944. The summed E-state index contributed by atoms with van der Waals surface area (Å²) in [6.45, 7) is 4.15. The van der Waals surface area contributed by atoms with Gasteiger partial charge in [0, 0.05) is 17.8 Å². The molecule has 1 fully saturated rings. The Labute approximate surface area is 126 Å². The Bertz CT molecular complexity index is 456. The van der Waals surface area contributed by atoms with Crippen molar-refractivity contribution in [2.75, 3.05) is 11.9 Å². The predicted octanol–water partition coefficient (Wildman–Crippen LogP) is 3.87. The van der Waals surface area contributed by atoms with E-state index in [1.54, 1.807) is 6.08 Å². The second-order valence-electron chi connectivity index (χ2n) is 5.06. The summed E-state index contributed by atoms with van der Waals surface area (Å²) in [5, 5.41) is 7.31. The number of hydrogen-bond donors (Lipinski definition) is 2. The van der Waals surface area contributed by atoms with Gasteiger partial charge in [0.15, 0.2) is 5.11 Å². The zero-order valence-electron chi connectivity index (χ0n) is 11.7. The third kappa shape index (κ3) is 4.85. The molecule has 0 aromatic heterocycles. The number of rotatable bonds is 5. The van der Waals surface area contributed by atoms with Crippen molar-refractivity contribution in [3.05, 3.63) is 36.9 Å². The van der Waals surface area contributed by atoms with E-state index >= 15 is 0 Å². The monoisotopic (exact) mass is 290 g/mol. The second kappa shape index (κ2) is 7.90. The van der Waals surface area contributed by atoms with Crippen LogP contribution in [-0.2, 0) is 0 Å². The van der Waals surface area contributed by atoms with Gasteiger partial charge in [-0.3, -0.25) is 0 Å². The molecule has 0 heterocycles. The van der Waals surface area contributed by atoms with Crippen molar-refractivity contribution in [2.24, 2.45) is 0 Å². The van der Waals surface area contributed by atoms with E-state index in [-0.39, 0.29) is 0 Å². The second-order valence-corrected chi connectivity index (χ2v) is 5.47. The van der Waals surface area contributed by atoms with Crippen LogP contribution in [0, 0.1) is 0 Å². The minimum Gasteiger partial charge on any atom is -0.489 e. The number of nitrogens with one attached hydrogen (secondary N) is 2. The average molecular weight is 290 g/mol. The molecule has 108 valence electrons. The van der Waals surface area contributed by atoms with Crippen molar-refractivity contribution in [1.29, 1.82) is 0 Å². The van der Waals surface area contributed by atoms with Gasteiger partial charge in [0.1, 0.15) is 12.4 Å². The Morgan fingerprint density at radius 2 is 2.15 bits per heavy atom. The first-order valence-corrected chi connectivity index (χ1v) is 7.60. The van der Waals surface area contributed by atoms with E-state index in [0.29, 0.717) is 17.8 Å². The van der Waals surface area contributed by atoms with Gasteiger partial charge in [-0.05, 0) is 37.2 Å². The molecule has 0 aliphatic heterocycles. The Morgan fingerprint density at radius 1 is 1.35 bits per heavy atom. The first kappa shape index (κ1) is 14.9. The molecule has 4 heteroatoms. The largest absolute Gasteiger partial charge is 0.489 e. The highest BCUT2D eigenvalue weighted by molar-refractivity contribution is 7.80. The Morgan fingerprint density at radius 3 is 2.90 bits per heavy atom. The van der Waals surface area contributed by atoms with E-state index in [9.17, 15) is 0 Å². The summed E-state index contributed by atoms with van der Waals surface area (Å²) < 4.78 is 5.51. The third-order valence-corrected chi connectivity index (χ3v) is 3.62. The van der Waals surface area contributed by atoms with Crippen LogP contribution in [0.25, 0.3) is 0 Å². The lowest BCUT2D eigenvalue weighted by Crippen LogP contribution is -2.38. The van der Waals surface area contributed by atoms with Gasteiger partial charge >= 0.3 is 0 Å². The van der Waals surface area contributed by atoms with Crippen molar-refractivity contribution in [1.82, 2.24) is 5.32 Å². The van der Waals surface area contributed by atoms with Crippen molar-refractivity contribution in [3.63, 3.8) is 0 Å². The molecule has 1 saturated carbocycles. The molecule has 0 bridgehead atoms. The molecule has 2 N–H and O–H groups in total. The minimum absolute atomic E-state index is 0.508. The van der Waals surface area contributed by atoms with Gasteiger partial charge in [0.2, 0.25) is 0 Å². The fourth-order valence-electron chi connectivity index (χ4n) is 2.42. The van der Waals surface area contributed by atoms with Crippen LogP contribution in [0.2, 0.25) is 0 Å². The summed E-state index contributed by atoms with van der Waals surface area (Å²) in [6, 6.07) is 8.31. The first-order chi connectivity index (χ1) is 9.78. The van der Waals surface area contributed by atoms with E-state index in [4.69, 9.17) is 17.0 Å². The molecule has 0 amide bonds. The van der Waals surface area contributed by atoms with Gasteiger partial charge in [-0.2, -0.15) is 0 Å². The summed E-state index contributed by atoms with van der Waals surface area (Å²) >= 11 is 5.37. The van der Waals surface area contributed by atoms with Crippen molar-refractivity contribution in [3.8, 4) is 5.75 Å². The molecule has 1 aromatic rings. The lowest BCUT2D eigenvalue weighted by atomic mass is 9.96. The number of anilines is 1. The van der Waals surface area contributed by atoms with Crippen LogP contribution in [0.1, 0.15) is 32.1 Å². The predicted molar refractivity (Wildman–Crippen MR) is 88.4 cm³/mol. The smallest absolute Gasteiger partial charge is 0.170 e. The minimum atomic E-state index is 0.508. The van der Waals surface area contributed by atoms with Crippen molar-refractivity contribution < 1.29 is 4.74 Å². The van der Waals surface area contributed by atoms with Crippen LogP contribution < -0.4 is 15.4 Å². The highest BCUT2D eigenvalue weighted by atomic mass is 32.1. The quantitative estimate of drug-likeness (QED) is 0.637. The van der Waals surface area contributed by atoms with Crippen LogP contribution in [0.5, 0.6) is 5.75 Å². The normalized spacial score (nSPS) is 15.4. The third-order valence-electron chi connectivity index (χ3n) is 3.40. The molecule has 0 unspecified atom stereocenters. The summed E-state index contributed by atoms with van der Waals surface area (Å²) in [4.78, 5) is 0. The fourth-order valence-corrected chi connectivity index (χ4v) is 2.70. The van der Waals surface area contributed by atoms with Crippen LogP contribution in [0.4, 0.5) is 5.69 Å². The molecule has 0 saturated heterocycles. The standard InChI is InChI=1S/C16H22N2OS/c1-2-11-19-15-10-6-9-14(12-15)18-16(20)17-13-7-4-3-5-8-13/h2,6,9-10,12-13H,1,3-5,7-8,11H2,(H2,17,18,20). The lowest BCUT2D eigenvalue weighted by molar-refractivity contribution is 0.363. The molecule has 2 rings (SSSR count). The van der Waals surface area contributed by atoms with E-state index in [1.165, 1.54) is 32.1 Å². The highest BCUT2D eigenvalue weighted by Crippen LogP contribution is 2.19. The maximum atomic E-state index is 5.51. The van der Waals surface area contributed by atoms with E-state index in [2.05, 4.69) is 17.2 Å². The van der Waals surface area contributed by atoms with Crippen molar-refractivity contribution in [2.45, 2.75) is 38.1 Å². The SMILES string of the molecule is C=CCOc1cccc(NC(=S)NC2CCCCC2)c1. The number of thiocarbonyl (C=S) groups is 1. The van der Waals surface area contributed by atoms with Crippen LogP contribution in [0.3, 0.4) is 0 Å². The Hall–Kier alpha value is -1.55. The number of benzene rings is 1. The highest BCUT2D eigenvalue weighted by Gasteiger charge is 2.13. The molecule has 1 aromatic carbocycles. The Balaban J connectivity index is 1.85. The van der Waals surface area contributed by atoms with Gasteiger partial charge in [0.05, 0.1) is 0 Å². The molecule has 0 atom stereocenters. The van der Waals surface area contributed by atoms with Gasteiger partial charge in [-0.25, -0.2) is 0 Å². The molecule has 0 radical (unpaired) electrons. The molecule has 1 aliphatic rings. The van der Waals surface area contributed by atoms with E-state index in [1.807, 2.05) is 24.3 Å². The number of hydrogen-bond acceptors (Lipinski definition) is 2.